The predicted molar refractivity (Wildman–Crippen MR) is 59.6 cm³/mol. The number of carbonyl (C=O) groups is 1. The summed E-state index contributed by atoms with van der Waals surface area (Å²) in [4.78, 5) is 10.8. The van der Waals surface area contributed by atoms with E-state index in [2.05, 4.69) is 19.2 Å². The Labute approximate surface area is 89.6 Å². The van der Waals surface area contributed by atoms with Crippen molar-refractivity contribution in [1.82, 2.24) is 5.32 Å². The summed E-state index contributed by atoms with van der Waals surface area (Å²) in [6.07, 6.45) is 4.41. The number of hydrogen-bond donors (Lipinski definition) is 2. The minimum Gasteiger partial charge on any atom is -0.480 e. The second-order valence-corrected chi connectivity index (χ2v) is 5.20. The molecule has 1 unspecified atom stereocenters. The summed E-state index contributed by atoms with van der Waals surface area (Å²) >= 11 is 1.77. The summed E-state index contributed by atoms with van der Waals surface area (Å²) in [7, 11) is 0. The van der Waals surface area contributed by atoms with E-state index in [4.69, 9.17) is 5.11 Å². The third-order valence-electron chi connectivity index (χ3n) is 2.77. The molecule has 82 valence electrons. The molecule has 0 aromatic heterocycles. The minimum atomic E-state index is -0.718. The van der Waals surface area contributed by atoms with E-state index in [1.165, 1.54) is 12.8 Å². The molecule has 0 aromatic carbocycles. The zero-order chi connectivity index (χ0) is 10.6. The summed E-state index contributed by atoms with van der Waals surface area (Å²) in [6, 6.07) is -0.350. The van der Waals surface area contributed by atoms with Gasteiger partial charge in [0.1, 0.15) is 6.04 Å². The predicted octanol–water partition coefficient (Wildman–Crippen LogP) is 2.07. The molecule has 1 aliphatic rings. The normalized spacial score (nSPS) is 32.0. The van der Waals surface area contributed by atoms with Crippen LogP contribution in [-0.2, 0) is 4.79 Å². The van der Waals surface area contributed by atoms with Crippen LogP contribution in [0.4, 0.5) is 0 Å². The molecule has 4 heteroatoms. The van der Waals surface area contributed by atoms with E-state index in [0.29, 0.717) is 5.75 Å². The van der Waals surface area contributed by atoms with Crippen molar-refractivity contribution in [2.45, 2.75) is 50.4 Å². The first-order chi connectivity index (χ1) is 6.63. The van der Waals surface area contributed by atoms with Gasteiger partial charge in [0.05, 0.1) is 4.87 Å². The fraction of sp³-hybridized carbons (Fsp3) is 0.900. The SMILES string of the molecule is CCCCC1(CC)N[C@@H](C(=O)O)CS1. The van der Waals surface area contributed by atoms with Gasteiger partial charge in [0.15, 0.2) is 0 Å². The summed E-state index contributed by atoms with van der Waals surface area (Å²) in [5.41, 5.74) is 0. The van der Waals surface area contributed by atoms with Crippen LogP contribution >= 0.6 is 11.8 Å². The maximum absolute atomic E-state index is 10.8. The first-order valence-corrected chi connectivity index (χ1v) is 6.26. The Kier molecular flexibility index (Phi) is 4.26. The van der Waals surface area contributed by atoms with E-state index in [0.717, 1.165) is 12.8 Å². The Bertz CT molecular complexity index is 210. The maximum atomic E-state index is 10.8. The smallest absolute Gasteiger partial charge is 0.321 e. The molecule has 2 N–H and O–H groups in total. The number of unbranched alkanes of at least 4 members (excludes halogenated alkanes) is 1. The van der Waals surface area contributed by atoms with E-state index >= 15 is 0 Å². The number of aliphatic carboxylic acids is 1. The van der Waals surface area contributed by atoms with Crippen LogP contribution in [-0.4, -0.2) is 27.7 Å². The molecular formula is C10H19NO2S. The Morgan fingerprint density at radius 1 is 1.64 bits per heavy atom. The molecule has 1 rings (SSSR count). The van der Waals surface area contributed by atoms with E-state index in [1.54, 1.807) is 11.8 Å². The molecule has 1 saturated heterocycles. The highest BCUT2D eigenvalue weighted by atomic mass is 32.2. The topological polar surface area (TPSA) is 49.3 Å². The Hall–Kier alpha value is -0.220. The van der Waals surface area contributed by atoms with Crippen molar-refractivity contribution >= 4 is 17.7 Å². The number of carboxylic acids is 1. The molecular weight excluding hydrogens is 198 g/mol. The lowest BCUT2D eigenvalue weighted by molar-refractivity contribution is -0.138. The molecule has 1 heterocycles. The highest BCUT2D eigenvalue weighted by molar-refractivity contribution is 8.00. The van der Waals surface area contributed by atoms with Gasteiger partial charge in [-0.25, -0.2) is 0 Å². The Morgan fingerprint density at radius 2 is 2.36 bits per heavy atom. The Morgan fingerprint density at radius 3 is 2.79 bits per heavy atom. The number of hydrogen-bond acceptors (Lipinski definition) is 3. The lowest BCUT2D eigenvalue weighted by Crippen LogP contribution is -2.44. The fourth-order valence-corrected chi connectivity index (χ4v) is 3.19. The minimum absolute atomic E-state index is 0.0269. The van der Waals surface area contributed by atoms with Crippen LogP contribution in [0.5, 0.6) is 0 Å². The lowest BCUT2D eigenvalue weighted by Gasteiger charge is -2.27. The summed E-state index contributed by atoms with van der Waals surface area (Å²) in [5, 5.41) is 12.1. The second kappa shape index (κ2) is 5.03. The average molecular weight is 217 g/mol. The van der Waals surface area contributed by atoms with Crippen LogP contribution in [0.2, 0.25) is 0 Å². The van der Waals surface area contributed by atoms with E-state index in [-0.39, 0.29) is 10.9 Å². The van der Waals surface area contributed by atoms with Crippen LogP contribution in [0.3, 0.4) is 0 Å². The quantitative estimate of drug-likeness (QED) is 0.740. The van der Waals surface area contributed by atoms with Crippen molar-refractivity contribution in [1.29, 1.82) is 0 Å². The molecule has 1 fully saturated rings. The van der Waals surface area contributed by atoms with Gasteiger partial charge in [-0.05, 0) is 12.8 Å². The zero-order valence-corrected chi connectivity index (χ0v) is 9.69. The third-order valence-corrected chi connectivity index (χ3v) is 4.43. The molecule has 0 spiro atoms. The monoisotopic (exact) mass is 217 g/mol. The molecule has 1 aliphatic heterocycles. The lowest BCUT2D eigenvalue weighted by atomic mass is 10.1. The number of thioether (sulfide) groups is 1. The molecule has 0 amide bonds. The van der Waals surface area contributed by atoms with Gasteiger partial charge in [0.2, 0.25) is 0 Å². The standard InChI is InChI=1S/C10H19NO2S/c1-3-5-6-10(4-2)11-8(7-14-10)9(12)13/h8,11H,3-7H2,1-2H3,(H,12,13)/t8-,10?/m1/s1. The van der Waals surface area contributed by atoms with Crippen LogP contribution in [0.25, 0.3) is 0 Å². The third kappa shape index (κ3) is 2.64. The van der Waals surface area contributed by atoms with Crippen molar-refractivity contribution in [2.75, 3.05) is 5.75 Å². The highest BCUT2D eigenvalue weighted by Gasteiger charge is 2.39. The van der Waals surface area contributed by atoms with Crippen LogP contribution in [0, 0.1) is 0 Å². The van der Waals surface area contributed by atoms with Crippen molar-refractivity contribution in [3.05, 3.63) is 0 Å². The summed E-state index contributed by atoms with van der Waals surface area (Å²) in [5.74, 6) is -0.0169. The fourth-order valence-electron chi connectivity index (χ4n) is 1.76. The van der Waals surface area contributed by atoms with Gasteiger partial charge in [-0.1, -0.05) is 26.7 Å². The van der Waals surface area contributed by atoms with Gasteiger partial charge < -0.3 is 5.11 Å². The van der Waals surface area contributed by atoms with Gasteiger partial charge >= 0.3 is 5.97 Å². The Balaban J connectivity index is 2.52. The molecule has 0 bridgehead atoms. The van der Waals surface area contributed by atoms with Crippen molar-refractivity contribution < 1.29 is 9.90 Å². The van der Waals surface area contributed by atoms with E-state index in [1.807, 2.05) is 0 Å². The van der Waals surface area contributed by atoms with Gasteiger partial charge in [-0.3, -0.25) is 10.1 Å². The van der Waals surface area contributed by atoms with Gasteiger partial charge in [0, 0.05) is 5.75 Å². The van der Waals surface area contributed by atoms with Crippen molar-refractivity contribution in [3.63, 3.8) is 0 Å². The molecule has 0 aromatic rings. The van der Waals surface area contributed by atoms with Crippen molar-refractivity contribution in [2.24, 2.45) is 0 Å². The molecule has 0 aliphatic carbocycles. The van der Waals surface area contributed by atoms with E-state index in [9.17, 15) is 4.79 Å². The maximum Gasteiger partial charge on any atom is 0.321 e. The van der Waals surface area contributed by atoms with Gasteiger partial charge in [-0.15, -0.1) is 11.8 Å². The van der Waals surface area contributed by atoms with E-state index < -0.39 is 5.97 Å². The van der Waals surface area contributed by atoms with Crippen LogP contribution in [0.15, 0.2) is 0 Å². The molecule has 0 radical (unpaired) electrons. The summed E-state index contributed by atoms with van der Waals surface area (Å²) in [6.45, 7) is 4.29. The van der Waals surface area contributed by atoms with Crippen LogP contribution < -0.4 is 5.32 Å². The highest BCUT2D eigenvalue weighted by Crippen LogP contribution is 2.37. The molecule has 2 atom stereocenters. The first kappa shape index (κ1) is 11.9. The van der Waals surface area contributed by atoms with Gasteiger partial charge in [0.25, 0.3) is 0 Å². The van der Waals surface area contributed by atoms with Gasteiger partial charge in [-0.2, -0.15) is 0 Å². The number of carboxylic acid groups (broad SMARTS) is 1. The first-order valence-electron chi connectivity index (χ1n) is 5.28. The summed E-state index contributed by atoms with van der Waals surface area (Å²) < 4.78 is 0. The zero-order valence-electron chi connectivity index (χ0n) is 8.88. The largest absolute Gasteiger partial charge is 0.480 e. The number of nitrogens with one attached hydrogen (secondary N) is 1. The molecule has 0 saturated carbocycles. The molecule has 14 heavy (non-hydrogen) atoms. The number of rotatable bonds is 5. The second-order valence-electron chi connectivity index (χ2n) is 3.80. The van der Waals surface area contributed by atoms with Crippen molar-refractivity contribution in [3.8, 4) is 0 Å². The molecule has 3 nitrogen and oxygen atoms in total. The average Bonchev–Trinajstić information content (AvgIpc) is 2.60. The van der Waals surface area contributed by atoms with Crippen LogP contribution in [0.1, 0.15) is 39.5 Å².